The average molecular weight is 437 g/mol. The van der Waals surface area contributed by atoms with Gasteiger partial charge in [0, 0.05) is 6.54 Å². The molecule has 1 aromatic heterocycles. The van der Waals surface area contributed by atoms with Crippen molar-refractivity contribution in [2.24, 2.45) is 0 Å². The van der Waals surface area contributed by atoms with Crippen molar-refractivity contribution in [3.05, 3.63) is 68.6 Å². The van der Waals surface area contributed by atoms with Crippen LogP contribution < -0.4 is 10.2 Å². The lowest BCUT2D eigenvalue weighted by molar-refractivity contribution is 0.0722. The van der Waals surface area contributed by atoms with Gasteiger partial charge in [-0.2, -0.15) is 0 Å². The summed E-state index contributed by atoms with van der Waals surface area (Å²) in [4.78, 5) is 30.8. The summed E-state index contributed by atoms with van der Waals surface area (Å²) in [6.45, 7) is 5.15. The van der Waals surface area contributed by atoms with E-state index in [1.807, 2.05) is 40.1 Å². The molecule has 0 saturated carbocycles. The van der Waals surface area contributed by atoms with Crippen molar-refractivity contribution in [2.75, 3.05) is 34.3 Å². The van der Waals surface area contributed by atoms with Crippen LogP contribution in [0.4, 0.5) is 0 Å². The number of methoxy groups -OCH3 is 1. The maximum atomic E-state index is 13.6. The first kappa shape index (κ1) is 21.9. The summed E-state index contributed by atoms with van der Waals surface area (Å²) in [5, 5.41) is 10.5. The Morgan fingerprint density at radius 3 is 2.53 bits per heavy atom. The number of carbonyl (C=O) groups is 1. The Morgan fingerprint density at radius 2 is 1.84 bits per heavy atom. The molecule has 0 saturated heterocycles. The number of aromatic hydroxyl groups is 1. The van der Waals surface area contributed by atoms with Gasteiger partial charge in [-0.15, -0.1) is 0 Å². The summed E-state index contributed by atoms with van der Waals surface area (Å²) in [6, 6.07) is 7.93. The fraction of sp³-hybridized carbons (Fsp3) is 0.360. The molecule has 0 spiro atoms. The van der Waals surface area contributed by atoms with Crippen molar-refractivity contribution in [1.82, 2.24) is 9.80 Å². The van der Waals surface area contributed by atoms with Gasteiger partial charge < -0.3 is 24.1 Å². The first-order chi connectivity index (χ1) is 15.2. The van der Waals surface area contributed by atoms with Gasteiger partial charge in [0.15, 0.2) is 16.9 Å². The molecule has 0 bridgehead atoms. The number of fused-ring (bicyclic) bond motifs is 2. The van der Waals surface area contributed by atoms with Gasteiger partial charge in [0.05, 0.1) is 24.1 Å². The van der Waals surface area contributed by atoms with Gasteiger partial charge >= 0.3 is 0 Å². The zero-order valence-corrected chi connectivity index (χ0v) is 19.1. The van der Waals surface area contributed by atoms with Crippen LogP contribution in [0.15, 0.2) is 39.5 Å². The SMILES string of the molecule is COc1cc([C@@H]2c3c(oc4cc(C)c(C)cc4c3=O)C(=O)N2CCCN(C)C)ccc1O. The molecule has 0 unspecified atom stereocenters. The van der Waals surface area contributed by atoms with Gasteiger partial charge in [-0.3, -0.25) is 9.59 Å². The van der Waals surface area contributed by atoms with Crippen LogP contribution in [0, 0.1) is 13.8 Å². The number of hydrogen-bond donors (Lipinski definition) is 1. The number of hydrogen-bond acceptors (Lipinski definition) is 6. The standard InChI is InChI=1S/C25H28N2O5/c1-14-11-17-19(12-15(14)2)32-24-21(23(17)29)22(16-7-8-18(28)20(13-16)31-5)27(25(24)30)10-6-9-26(3)4/h7-8,11-13,22,28H,6,9-10H2,1-5H3/t22-/m1/s1. The lowest BCUT2D eigenvalue weighted by Crippen LogP contribution is -2.32. The van der Waals surface area contributed by atoms with Crippen LogP contribution in [-0.4, -0.2) is 55.1 Å². The Morgan fingerprint density at radius 1 is 1.12 bits per heavy atom. The Hall–Kier alpha value is -3.32. The second-order valence-electron chi connectivity index (χ2n) is 8.60. The van der Waals surface area contributed by atoms with E-state index >= 15 is 0 Å². The minimum Gasteiger partial charge on any atom is -0.504 e. The van der Waals surface area contributed by atoms with Crippen LogP contribution in [-0.2, 0) is 0 Å². The highest BCUT2D eigenvalue weighted by Crippen LogP contribution is 2.40. The monoisotopic (exact) mass is 436 g/mol. The summed E-state index contributed by atoms with van der Waals surface area (Å²) in [7, 11) is 5.42. The fourth-order valence-electron chi connectivity index (χ4n) is 4.27. The molecule has 1 N–H and O–H groups in total. The number of phenols is 1. The summed E-state index contributed by atoms with van der Waals surface area (Å²) in [5.41, 5.74) is 3.22. The van der Waals surface area contributed by atoms with E-state index in [-0.39, 0.29) is 28.6 Å². The highest BCUT2D eigenvalue weighted by molar-refractivity contribution is 5.99. The summed E-state index contributed by atoms with van der Waals surface area (Å²) < 4.78 is 11.3. The summed E-state index contributed by atoms with van der Waals surface area (Å²) in [5.74, 6) is 0.0746. The van der Waals surface area contributed by atoms with E-state index in [0.717, 1.165) is 24.1 Å². The normalized spacial score (nSPS) is 15.6. The fourth-order valence-corrected chi connectivity index (χ4v) is 4.27. The number of amides is 1. The second-order valence-corrected chi connectivity index (χ2v) is 8.60. The lowest BCUT2D eigenvalue weighted by Gasteiger charge is -2.26. The molecule has 3 aromatic rings. The third-order valence-electron chi connectivity index (χ3n) is 6.11. The summed E-state index contributed by atoms with van der Waals surface area (Å²) >= 11 is 0. The molecule has 1 amide bonds. The zero-order chi connectivity index (χ0) is 23.2. The van der Waals surface area contributed by atoms with E-state index in [0.29, 0.717) is 28.6 Å². The van der Waals surface area contributed by atoms with Crippen LogP contribution in [0.1, 0.15) is 45.3 Å². The third kappa shape index (κ3) is 3.62. The molecule has 1 atom stereocenters. The number of ether oxygens (including phenoxy) is 1. The quantitative estimate of drug-likeness (QED) is 0.636. The number of carbonyl (C=O) groups excluding carboxylic acids is 1. The van der Waals surface area contributed by atoms with Crippen LogP contribution >= 0.6 is 0 Å². The van der Waals surface area contributed by atoms with Gasteiger partial charge in [0.2, 0.25) is 5.76 Å². The minimum atomic E-state index is -0.614. The Bertz CT molecular complexity index is 1260. The highest BCUT2D eigenvalue weighted by atomic mass is 16.5. The Kier molecular flexibility index (Phi) is 5.69. The van der Waals surface area contributed by atoms with E-state index < -0.39 is 6.04 Å². The van der Waals surface area contributed by atoms with Crippen molar-refractivity contribution < 1.29 is 19.1 Å². The third-order valence-corrected chi connectivity index (χ3v) is 6.11. The summed E-state index contributed by atoms with van der Waals surface area (Å²) in [6.07, 6.45) is 0.740. The van der Waals surface area contributed by atoms with Gasteiger partial charge in [-0.1, -0.05) is 6.07 Å². The van der Waals surface area contributed by atoms with E-state index in [1.54, 1.807) is 17.0 Å². The van der Waals surface area contributed by atoms with Crippen molar-refractivity contribution in [2.45, 2.75) is 26.3 Å². The molecule has 1 aliphatic rings. The molecular formula is C25H28N2O5. The molecule has 0 radical (unpaired) electrons. The van der Waals surface area contributed by atoms with Gasteiger partial charge in [-0.05, 0) is 81.9 Å². The van der Waals surface area contributed by atoms with Crippen molar-refractivity contribution >= 4 is 16.9 Å². The van der Waals surface area contributed by atoms with Gasteiger partial charge in [-0.25, -0.2) is 0 Å². The average Bonchev–Trinajstić information content (AvgIpc) is 3.02. The molecule has 7 nitrogen and oxygen atoms in total. The number of phenolic OH excluding ortho intramolecular Hbond substituents is 1. The topological polar surface area (TPSA) is 83.2 Å². The van der Waals surface area contributed by atoms with E-state index in [9.17, 15) is 14.7 Å². The van der Waals surface area contributed by atoms with Gasteiger partial charge in [0.25, 0.3) is 5.91 Å². The minimum absolute atomic E-state index is 0.00315. The molecule has 0 fully saturated rings. The van der Waals surface area contributed by atoms with Crippen LogP contribution in [0.5, 0.6) is 11.5 Å². The predicted octanol–water partition coefficient (Wildman–Crippen LogP) is 3.62. The largest absolute Gasteiger partial charge is 0.504 e. The molecule has 2 aromatic carbocycles. The first-order valence-corrected chi connectivity index (χ1v) is 10.6. The predicted molar refractivity (Wildman–Crippen MR) is 123 cm³/mol. The Balaban J connectivity index is 1.92. The molecule has 32 heavy (non-hydrogen) atoms. The van der Waals surface area contributed by atoms with Crippen LogP contribution in [0.2, 0.25) is 0 Å². The smallest absolute Gasteiger partial charge is 0.290 e. The first-order valence-electron chi connectivity index (χ1n) is 10.6. The highest BCUT2D eigenvalue weighted by Gasteiger charge is 2.42. The van der Waals surface area contributed by atoms with E-state index in [1.165, 1.54) is 13.2 Å². The molecule has 168 valence electrons. The second kappa shape index (κ2) is 8.31. The van der Waals surface area contributed by atoms with Crippen LogP contribution in [0.25, 0.3) is 11.0 Å². The number of aryl methyl sites for hydroxylation is 2. The van der Waals surface area contributed by atoms with E-state index in [2.05, 4.69) is 4.90 Å². The number of nitrogens with zero attached hydrogens (tertiary/aromatic N) is 2. The molecular weight excluding hydrogens is 408 g/mol. The molecule has 7 heteroatoms. The number of rotatable bonds is 6. The molecule has 2 heterocycles. The van der Waals surface area contributed by atoms with Crippen molar-refractivity contribution in [3.63, 3.8) is 0 Å². The zero-order valence-electron chi connectivity index (χ0n) is 19.1. The maximum absolute atomic E-state index is 13.6. The lowest BCUT2D eigenvalue weighted by atomic mass is 9.97. The van der Waals surface area contributed by atoms with Crippen LogP contribution in [0.3, 0.4) is 0 Å². The van der Waals surface area contributed by atoms with Crippen molar-refractivity contribution in [3.8, 4) is 11.5 Å². The van der Waals surface area contributed by atoms with E-state index in [4.69, 9.17) is 9.15 Å². The van der Waals surface area contributed by atoms with Crippen molar-refractivity contribution in [1.29, 1.82) is 0 Å². The molecule has 1 aliphatic heterocycles. The molecule has 0 aliphatic carbocycles. The number of benzene rings is 2. The maximum Gasteiger partial charge on any atom is 0.290 e. The molecule has 4 rings (SSSR count). The Labute approximate surface area is 186 Å². The van der Waals surface area contributed by atoms with Gasteiger partial charge in [0.1, 0.15) is 5.58 Å².